The number of anilines is 2. The first-order chi connectivity index (χ1) is 34.1. The number of para-hydroxylation sites is 3. The Bertz CT molecular complexity index is 3740. The summed E-state index contributed by atoms with van der Waals surface area (Å²) in [4.78, 5) is 12.4. The fourth-order valence-corrected chi connectivity index (χ4v) is 9.24. The molecule has 2 heterocycles. The lowest BCUT2D eigenvalue weighted by molar-refractivity contribution is 0.669. The second-order valence-electron chi connectivity index (χ2n) is 17.1. The first-order valence-electron chi connectivity index (χ1n) is 23.3. The third kappa shape index (κ3) is 8.73. The van der Waals surface area contributed by atoms with Crippen molar-refractivity contribution >= 4 is 72.7 Å². The average molecular weight is 889 g/mol. The number of aromatic nitrogens is 1. The molecule has 0 radical (unpaired) electrons. The Morgan fingerprint density at radius 2 is 1.13 bits per heavy atom. The van der Waals surface area contributed by atoms with Gasteiger partial charge in [0.1, 0.15) is 11.2 Å². The topological polar surface area (TPSA) is 46.0 Å². The highest BCUT2D eigenvalue weighted by atomic mass is 16.3. The van der Waals surface area contributed by atoms with Crippen molar-refractivity contribution in [3.8, 4) is 5.69 Å². The zero-order valence-corrected chi connectivity index (χ0v) is 38.3. The standard InChI is InChI=1S/C64H48N4O/c1-45(46(2)66-64(50-29-15-6-16-30-50)65-44-48-25-11-4-12-26-48)39-56(49-27-13-5-14-28-49)60(40-47-23-9-3-10-24-47)67(51-31-17-7-18-32-51)53-37-38-55-58-42-57-54-35-21-22-36-59(54)68(52-33-19-8-20-34-52)61(57)43-63(58)69-62(55)41-53/h3-39,41-44H,2,40H2,1H3/b45-39+,60-56-,65-44+,66-64-. The number of furan rings is 1. The molecular formula is C64H48N4O. The first-order valence-corrected chi connectivity index (χ1v) is 23.3. The van der Waals surface area contributed by atoms with E-state index in [0.29, 0.717) is 18.0 Å². The molecule has 0 saturated carbocycles. The van der Waals surface area contributed by atoms with Gasteiger partial charge in [0.05, 0.1) is 16.7 Å². The SMILES string of the molecule is C=C(/N=C(\N=C\c1ccccc1)c1ccccc1)/C(C)=C/C(=C(\Cc1ccccc1)N(c1ccccc1)c1ccc2c(c1)oc1cc3c(cc12)c1ccccc1n3-c1ccccc1)c1ccccc1. The molecule has 0 saturated heterocycles. The smallest absolute Gasteiger partial charge is 0.159 e. The van der Waals surface area contributed by atoms with Crippen LogP contribution in [0.4, 0.5) is 11.4 Å². The Balaban J connectivity index is 1.10. The lowest BCUT2D eigenvalue weighted by Crippen LogP contribution is -2.20. The van der Waals surface area contributed by atoms with Gasteiger partial charge < -0.3 is 13.9 Å². The molecule has 0 aliphatic carbocycles. The van der Waals surface area contributed by atoms with Gasteiger partial charge in [-0.3, -0.25) is 0 Å². The van der Waals surface area contributed by atoms with Crippen LogP contribution < -0.4 is 4.90 Å². The molecule has 0 aliphatic heterocycles. The van der Waals surface area contributed by atoms with Crippen LogP contribution in [0.2, 0.25) is 0 Å². The summed E-state index contributed by atoms with van der Waals surface area (Å²) in [5.41, 5.74) is 14.8. The molecule has 0 spiro atoms. The maximum Gasteiger partial charge on any atom is 0.159 e. The van der Waals surface area contributed by atoms with Crippen molar-refractivity contribution in [2.24, 2.45) is 9.98 Å². The van der Waals surface area contributed by atoms with Gasteiger partial charge in [0, 0.05) is 80.2 Å². The van der Waals surface area contributed by atoms with E-state index in [2.05, 4.69) is 205 Å². The second kappa shape index (κ2) is 19.0. The molecule has 69 heavy (non-hydrogen) atoms. The molecule has 9 aromatic carbocycles. The Morgan fingerprint density at radius 1 is 0.536 bits per heavy atom. The molecule has 11 aromatic rings. The highest BCUT2D eigenvalue weighted by Gasteiger charge is 2.23. The van der Waals surface area contributed by atoms with Crippen LogP contribution >= 0.6 is 0 Å². The number of benzene rings is 9. The number of amidine groups is 1. The third-order valence-electron chi connectivity index (χ3n) is 12.6. The summed E-state index contributed by atoms with van der Waals surface area (Å²) < 4.78 is 9.26. The van der Waals surface area contributed by atoms with Gasteiger partial charge in [-0.2, -0.15) is 0 Å². The Hall–Kier alpha value is -9.06. The number of hydrogen-bond acceptors (Lipinski definition) is 3. The van der Waals surface area contributed by atoms with Gasteiger partial charge in [-0.1, -0.05) is 183 Å². The summed E-state index contributed by atoms with van der Waals surface area (Å²) in [6.07, 6.45) is 4.71. The van der Waals surface area contributed by atoms with Gasteiger partial charge in [0.15, 0.2) is 5.84 Å². The minimum Gasteiger partial charge on any atom is -0.456 e. The maximum absolute atomic E-state index is 6.93. The molecule has 5 heteroatoms. The van der Waals surface area contributed by atoms with E-state index in [4.69, 9.17) is 14.4 Å². The van der Waals surface area contributed by atoms with Gasteiger partial charge in [0.25, 0.3) is 0 Å². The van der Waals surface area contributed by atoms with Gasteiger partial charge in [-0.15, -0.1) is 0 Å². The molecule has 0 aliphatic rings. The van der Waals surface area contributed by atoms with Gasteiger partial charge >= 0.3 is 0 Å². The molecular weight excluding hydrogens is 841 g/mol. The number of rotatable bonds is 12. The van der Waals surface area contributed by atoms with E-state index in [1.807, 2.05) is 66.9 Å². The molecule has 0 fully saturated rings. The summed E-state index contributed by atoms with van der Waals surface area (Å²) in [6, 6.07) is 82.4. The van der Waals surface area contributed by atoms with Crippen molar-refractivity contribution < 1.29 is 4.42 Å². The molecule has 0 bridgehead atoms. The van der Waals surface area contributed by atoms with E-state index >= 15 is 0 Å². The van der Waals surface area contributed by atoms with Crippen LogP contribution in [0.5, 0.6) is 0 Å². The van der Waals surface area contributed by atoms with E-state index in [1.54, 1.807) is 0 Å². The summed E-state index contributed by atoms with van der Waals surface area (Å²) in [5.74, 6) is 0.583. The number of allylic oxidation sites excluding steroid dienone is 4. The Labute approximate surface area is 402 Å². The van der Waals surface area contributed by atoms with Crippen LogP contribution in [0, 0.1) is 0 Å². The number of aliphatic imine (C=N–C) groups is 2. The zero-order valence-electron chi connectivity index (χ0n) is 38.3. The highest BCUT2D eigenvalue weighted by molar-refractivity contribution is 6.17. The molecule has 330 valence electrons. The fourth-order valence-electron chi connectivity index (χ4n) is 9.24. The quantitative estimate of drug-likeness (QED) is 0.0697. The Morgan fingerprint density at radius 3 is 1.84 bits per heavy atom. The molecule has 0 atom stereocenters. The third-order valence-corrected chi connectivity index (χ3v) is 12.6. The van der Waals surface area contributed by atoms with Crippen LogP contribution in [0.25, 0.3) is 55.0 Å². The van der Waals surface area contributed by atoms with Crippen LogP contribution in [0.15, 0.2) is 281 Å². The molecule has 0 N–H and O–H groups in total. The maximum atomic E-state index is 6.93. The predicted octanol–water partition coefficient (Wildman–Crippen LogP) is 16.5. The van der Waals surface area contributed by atoms with Gasteiger partial charge in [0.2, 0.25) is 0 Å². The zero-order chi connectivity index (χ0) is 46.5. The van der Waals surface area contributed by atoms with Crippen molar-refractivity contribution in [3.63, 3.8) is 0 Å². The lowest BCUT2D eigenvalue weighted by Gasteiger charge is -2.30. The van der Waals surface area contributed by atoms with E-state index in [0.717, 1.165) is 83.6 Å². The molecule has 0 amide bonds. The Kier molecular flexibility index (Phi) is 11.7. The van der Waals surface area contributed by atoms with E-state index in [1.165, 1.54) is 16.3 Å². The number of fused-ring (bicyclic) bond motifs is 6. The van der Waals surface area contributed by atoms with Crippen molar-refractivity contribution in [1.29, 1.82) is 0 Å². The second-order valence-corrected chi connectivity index (χ2v) is 17.1. The number of hydrogen-bond donors (Lipinski definition) is 0. The van der Waals surface area contributed by atoms with Crippen LogP contribution in [0.1, 0.15) is 29.2 Å². The van der Waals surface area contributed by atoms with Crippen LogP contribution in [-0.4, -0.2) is 16.6 Å². The van der Waals surface area contributed by atoms with Crippen molar-refractivity contribution in [3.05, 3.63) is 288 Å². The van der Waals surface area contributed by atoms with Crippen molar-refractivity contribution in [2.45, 2.75) is 13.3 Å². The molecule has 2 aromatic heterocycles. The minimum atomic E-state index is 0.583. The molecule has 5 nitrogen and oxygen atoms in total. The van der Waals surface area contributed by atoms with Crippen LogP contribution in [-0.2, 0) is 6.42 Å². The fraction of sp³-hybridized carbons (Fsp3) is 0.0312. The molecule has 0 unspecified atom stereocenters. The minimum absolute atomic E-state index is 0.583. The lowest BCUT2D eigenvalue weighted by atomic mass is 9.95. The summed E-state index contributed by atoms with van der Waals surface area (Å²) in [7, 11) is 0. The van der Waals surface area contributed by atoms with Crippen LogP contribution in [0.3, 0.4) is 0 Å². The largest absolute Gasteiger partial charge is 0.456 e. The highest BCUT2D eigenvalue weighted by Crippen LogP contribution is 2.42. The normalized spacial score (nSPS) is 12.6. The van der Waals surface area contributed by atoms with Crippen molar-refractivity contribution in [2.75, 3.05) is 4.90 Å². The summed E-state index contributed by atoms with van der Waals surface area (Å²) >= 11 is 0. The van der Waals surface area contributed by atoms with Gasteiger partial charge in [-0.05, 0) is 83.8 Å². The predicted molar refractivity (Wildman–Crippen MR) is 290 cm³/mol. The summed E-state index contributed by atoms with van der Waals surface area (Å²) in [5, 5.41) is 4.53. The van der Waals surface area contributed by atoms with E-state index < -0.39 is 0 Å². The van der Waals surface area contributed by atoms with E-state index in [9.17, 15) is 0 Å². The van der Waals surface area contributed by atoms with E-state index in [-0.39, 0.29) is 0 Å². The number of nitrogens with zero attached hydrogens (tertiary/aromatic N) is 4. The molecule has 11 rings (SSSR count). The van der Waals surface area contributed by atoms with Crippen molar-refractivity contribution in [1.82, 2.24) is 4.57 Å². The first kappa shape index (κ1) is 42.6. The monoisotopic (exact) mass is 888 g/mol. The average Bonchev–Trinajstić information content (AvgIpc) is 3.93. The summed E-state index contributed by atoms with van der Waals surface area (Å²) in [6.45, 7) is 6.64. The van der Waals surface area contributed by atoms with Gasteiger partial charge in [-0.25, -0.2) is 9.98 Å².